The van der Waals surface area contributed by atoms with Gasteiger partial charge in [-0.3, -0.25) is 14.7 Å². The number of aliphatic carboxylic acids is 1. The van der Waals surface area contributed by atoms with Crippen molar-refractivity contribution < 1.29 is 9.90 Å². The Morgan fingerprint density at radius 2 is 1.93 bits per heavy atom. The number of hydrogen-bond acceptors (Lipinski definition) is 2. The van der Waals surface area contributed by atoms with Crippen molar-refractivity contribution in [1.29, 1.82) is 0 Å². The summed E-state index contributed by atoms with van der Waals surface area (Å²) in [6, 6.07) is 0. The molecule has 0 aliphatic heterocycles. The van der Waals surface area contributed by atoms with Crippen LogP contribution in [0, 0.1) is 0 Å². The molecule has 3 N–H and O–H groups in total. The molecule has 0 aromatic carbocycles. The van der Waals surface area contributed by atoms with Crippen LogP contribution in [0.25, 0.3) is 0 Å². The summed E-state index contributed by atoms with van der Waals surface area (Å²) in [5.74, 6) is -0.999. The van der Waals surface area contributed by atoms with Crippen molar-refractivity contribution in [2.75, 3.05) is 0 Å². The molecule has 1 rings (SSSR count). The molecule has 1 aromatic rings. The third kappa shape index (κ3) is 2.04. The molecule has 0 amide bonds. The Hall–Kier alpha value is -1.52. The number of carbonyl (C=O) groups is 1. The zero-order chi connectivity index (χ0) is 10.9. The molecule has 0 saturated heterocycles. The Kier molecular flexibility index (Phi) is 2.51. The van der Waals surface area contributed by atoms with Gasteiger partial charge in [-0.2, -0.15) is 0 Å². The van der Waals surface area contributed by atoms with Gasteiger partial charge in [0.2, 0.25) is 0 Å². The van der Waals surface area contributed by atoms with Gasteiger partial charge in [-0.15, -0.1) is 0 Å². The second kappa shape index (κ2) is 3.32. The SMILES string of the molecule is CC(C)(C)c1[nH][nH]c(=O)c1CC(=O)O. The normalized spacial score (nSPS) is 11.6. The maximum Gasteiger partial charge on any atom is 0.308 e. The second-order valence-corrected chi connectivity index (χ2v) is 4.25. The number of aromatic amines is 2. The van der Waals surface area contributed by atoms with Crippen molar-refractivity contribution in [3.8, 4) is 0 Å². The molecule has 0 aliphatic carbocycles. The molecule has 0 unspecified atom stereocenters. The highest BCUT2D eigenvalue weighted by molar-refractivity contribution is 5.70. The Balaban J connectivity index is 3.20. The number of H-pyrrole nitrogens is 2. The summed E-state index contributed by atoms with van der Waals surface area (Å²) in [5, 5.41) is 13.8. The van der Waals surface area contributed by atoms with Gasteiger partial charge in [0, 0.05) is 11.1 Å². The van der Waals surface area contributed by atoms with Crippen LogP contribution >= 0.6 is 0 Å². The van der Waals surface area contributed by atoms with Gasteiger partial charge < -0.3 is 10.2 Å². The molecule has 0 radical (unpaired) electrons. The lowest BCUT2D eigenvalue weighted by Gasteiger charge is -2.17. The molecule has 5 heteroatoms. The van der Waals surface area contributed by atoms with Gasteiger partial charge in [0.25, 0.3) is 5.56 Å². The van der Waals surface area contributed by atoms with E-state index in [1.54, 1.807) is 0 Å². The predicted octanol–water partition coefficient (Wildman–Crippen LogP) is 0.628. The van der Waals surface area contributed by atoms with Crippen LogP contribution < -0.4 is 5.56 Å². The van der Waals surface area contributed by atoms with E-state index in [9.17, 15) is 9.59 Å². The second-order valence-electron chi connectivity index (χ2n) is 4.25. The van der Waals surface area contributed by atoms with Gasteiger partial charge >= 0.3 is 5.97 Å². The molecule has 1 heterocycles. The van der Waals surface area contributed by atoms with E-state index in [2.05, 4.69) is 10.2 Å². The van der Waals surface area contributed by atoms with E-state index >= 15 is 0 Å². The van der Waals surface area contributed by atoms with Gasteiger partial charge in [-0.25, -0.2) is 0 Å². The minimum absolute atomic E-state index is 0.245. The highest BCUT2D eigenvalue weighted by atomic mass is 16.4. The molecule has 0 bridgehead atoms. The first-order valence-electron chi connectivity index (χ1n) is 4.34. The van der Waals surface area contributed by atoms with E-state index in [4.69, 9.17) is 5.11 Å². The molecule has 78 valence electrons. The standard InChI is InChI=1S/C9H14N2O3/c1-9(2,3)7-5(4-6(12)13)8(14)11-10-7/h4H2,1-3H3,(H,12,13)(H2,10,11,14). The number of hydrogen-bond donors (Lipinski definition) is 3. The van der Waals surface area contributed by atoms with E-state index in [0.717, 1.165) is 0 Å². The lowest BCUT2D eigenvalue weighted by Crippen LogP contribution is -2.19. The first kappa shape index (κ1) is 10.6. The van der Waals surface area contributed by atoms with Crippen molar-refractivity contribution in [3.05, 3.63) is 21.6 Å². The van der Waals surface area contributed by atoms with E-state index in [1.807, 2.05) is 20.8 Å². The van der Waals surface area contributed by atoms with Crippen LogP contribution in [0.2, 0.25) is 0 Å². The highest BCUT2D eigenvalue weighted by Gasteiger charge is 2.23. The van der Waals surface area contributed by atoms with Crippen molar-refractivity contribution >= 4 is 5.97 Å². The summed E-state index contributed by atoms with van der Waals surface area (Å²) < 4.78 is 0. The Labute approximate surface area is 81.1 Å². The minimum Gasteiger partial charge on any atom is -0.481 e. The molecule has 1 aromatic heterocycles. The zero-order valence-electron chi connectivity index (χ0n) is 8.47. The highest BCUT2D eigenvalue weighted by Crippen LogP contribution is 2.21. The summed E-state index contributed by atoms with van der Waals surface area (Å²) in [4.78, 5) is 21.8. The minimum atomic E-state index is -0.999. The summed E-state index contributed by atoms with van der Waals surface area (Å²) in [5.41, 5.74) is 0.358. The molecular weight excluding hydrogens is 184 g/mol. The molecule has 0 fully saturated rings. The molecule has 14 heavy (non-hydrogen) atoms. The van der Waals surface area contributed by atoms with Crippen LogP contribution in [0.15, 0.2) is 4.79 Å². The monoisotopic (exact) mass is 198 g/mol. The van der Waals surface area contributed by atoms with E-state index in [0.29, 0.717) is 11.3 Å². The van der Waals surface area contributed by atoms with E-state index in [-0.39, 0.29) is 17.4 Å². The quantitative estimate of drug-likeness (QED) is 0.651. The fourth-order valence-corrected chi connectivity index (χ4v) is 1.34. The number of carboxylic acid groups (broad SMARTS) is 1. The number of nitrogens with one attached hydrogen (secondary N) is 2. The van der Waals surface area contributed by atoms with Gasteiger partial charge in [-0.1, -0.05) is 20.8 Å². The third-order valence-corrected chi connectivity index (χ3v) is 1.95. The number of carboxylic acids is 1. The van der Waals surface area contributed by atoms with Gasteiger partial charge in [-0.05, 0) is 0 Å². The number of rotatable bonds is 2. The first-order chi connectivity index (χ1) is 6.32. The lowest BCUT2D eigenvalue weighted by atomic mass is 9.89. The fourth-order valence-electron chi connectivity index (χ4n) is 1.34. The van der Waals surface area contributed by atoms with E-state index < -0.39 is 5.97 Å². The van der Waals surface area contributed by atoms with Crippen LogP contribution in [-0.2, 0) is 16.6 Å². The number of aromatic nitrogens is 2. The van der Waals surface area contributed by atoms with Crippen LogP contribution in [0.1, 0.15) is 32.0 Å². The summed E-state index contributed by atoms with van der Waals surface area (Å²) in [6.45, 7) is 5.74. The Bertz CT molecular complexity index is 395. The fraction of sp³-hybridized carbons (Fsp3) is 0.556. The van der Waals surface area contributed by atoms with Crippen molar-refractivity contribution in [3.63, 3.8) is 0 Å². The van der Waals surface area contributed by atoms with Crippen LogP contribution in [0.5, 0.6) is 0 Å². The molecule has 0 atom stereocenters. The molecular formula is C9H14N2O3. The lowest BCUT2D eigenvalue weighted by molar-refractivity contribution is -0.136. The summed E-state index contributed by atoms with van der Waals surface area (Å²) in [6.07, 6.45) is -0.245. The van der Waals surface area contributed by atoms with Gasteiger partial charge in [0.05, 0.1) is 12.0 Å². The van der Waals surface area contributed by atoms with Crippen molar-refractivity contribution in [1.82, 2.24) is 10.2 Å². The zero-order valence-corrected chi connectivity index (χ0v) is 8.47. The van der Waals surface area contributed by atoms with Gasteiger partial charge in [0.15, 0.2) is 0 Å². The van der Waals surface area contributed by atoms with Crippen molar-refractivity contribution in [2.24, 2.45) is 0 Å². The molecule has 5 nitrogen and oxygen atoms in total. The molecule has 0 aliphatic rings. The van der Waals surface area contributed by atoms with Gasteiger partial charge in [0.1, 0.15) is 0 Å². The van der Waals surface area contributed by atoms with Crippen LogP contribution in [-0.4, -0.2) is 21.3 Å². The largest absolute Gasteiger partial charge is 0.481 e. The Morgan fingerprint density at radius 3 is 2.36 bits per heavy atom. The average Bonchev–Trinajstić information content (AvgIpc) is 2.30. The van der Waals surface area contributed by atoms with Crippen molar-refractivity contribution in [2.45, 2.75) is 32.6 Å². The Morgan fingerprint density at radius 1 is 1.36 bits per heavy atom. The molecule has 0 saturated carbocycles. The maximum absolute atomic E-state index is 11.3. The maximum atomic E-state index is 11.3. The predicted molar refractivity (Wildman–Crippen MR) is 51.5 cm³/mol. The average molecular weight is 198 g/mol. The summed E-state index contributed by atoms with van der Waals surface area (Å²) >= 11 is 0. The topological polar surface area (TPSA) is 86.0 Å². The summed E-state index contributed by atoms with van der Waals surface area (Å²) in [7, 11) is 0. The van der Waals surface area contributed by atoms with Crippen LogP contribution in [0.3, 0.4) is 0 Å². The molecule has 0 spiro atoms. The smallest absolute Gasteiger partial charge is 0.308 e. The first-order valence-corrected chi connectivity index (χ1v) is 4.34. The van der Waals surface area contributed by atoms with E-state index in [1.165, 1.54) is 0 Å². The third-order valence-electron chi connectivity index (χ3n) is 1.95. The van der Waals surface area contributed by atoms with Crippen LogP contribution in [0.4, 0.5) is 0 Å².